The average Bonchev–Trinajstić information content (AvgIpc) is 2.46. The molecule has 6 nitrogen and oxygen atoms in total. The molecule has 0 saturated heterocycles. The Balaban J connectivity index is 1.98. The maximum atomic E-state index is 12.0. The Bertz CT molecular complexity index is 653. The van der Waals surface area contributed by atoms with E-state index >= 15 is 0 Å². The quantitative estimate of drug-likeness (QED) is 0.496. The maximum absolute atomic E-state index is 12.0. The maximum Gasteiger partial charge on any atom is 0.269 e. The van der Waals surface area contributed by atoms with Crippen LogP contribution in [-0.4, -0.2) is 19.9 Å². The van der Waals surface area contributed by atoms with Gasteiger partial charge in [-0.2, -0.15) is 0 Å². The summed E-state index contributed by atoms with van der Waals surface area (Å²) in [7, 11) is -3.49. The molecular weight excluding hydrogens is 292 g/mol. The van der Waals surface area contributed by atoms with Gasteiger partial charge < -0.3 is 0 Å². The van der Waals surface area contributed by atoms with Gasteiger partial charge in [-0.15, -0.1) is 0 Å². The van der Waals surface area contributed by atoms with E-state index in [1.165, 1.54) is 18.2 Å². The summed E-state index contributed by atoms with van der Waals surface area (Å²) in [5.74, 6) is -0.248. The first-order chi connectivity index (χ1) is 9.96. The van der Waals surface area contributed by atoms with E-state index in [1.807, 2.05) is 0 Å². The Labute approximate surface area is 124 Å². The van der Waals surface area contributed by atoms with E-state index in [4.69, 9.17) is 0 Å². The lowest BCUT2D eigenvalue weighted by molar-refractivity contribution is -0.384. The van der Waals surface area contributed by atoms with Crippen molar-refractivity contribution in [1.29, 1.82) is 0 Å². The summed E-state index contributed by atoms with van der Waals surface area (Å²) >= 11 is 0. The van der Waals surface area contributed by atoms with Gasteiger partial charge in [0.05, 0.1) is 10.7 Å². The fourth-order valence-electron chi connectivity index (χ4n) is 2.30. The minimum atomic E-state index is -3.49. The van der Waals surface area contributed by atoms with Crippen molar-refractivity contribution in [3.05, 3.63) is 51.6 Å². The molecule has 0 saturated carbocycles. The van der Waals surface area contributed by atoms with E-state index < -0.39 is 14.9 Å². The highest BCUT2D eigenvalue weighted by Crippen LogP contribution is 2.18. The topological polar surface area (TPSA) is 89.3 Å². The van der Waals surface area contributed by atoms with Crippen LogP contribution in [0.1, 0.15) is 31.2 Å². The fraction of sp³-hybridized carbons (Fsp3) is 0.429. The third-order valence-electron chi connectivity index (χ3n) is 3.38. The molecule has 0 radical (unpaired) electrons. The number of nitro groups is 1. The van der Waals surface area contributed by atoms with E-state index in [0.29, 0.717) is 12.1 Å². The number of nitrogens with one attached hydrogen (secondary N) is 1. The van der Waals surface area contributed by atoms with Crippen LogP contribution in [0.15, 0.2) is 35.9 Å². The number of nitrogens with zero attached hydrogens (tertiary/aromatic N) is 1. The number of hydrogen-bond acceptors (Lipinski definition) is 4. The van der Waals surface area contributed by atoms with Gasteiger partial charge in [-0.1, -0.05) is 23.8 Å². The molecule has 7 heteroatoms. The molecule has 1 N–H and O–H groups in total. The van der Waals surface area contributed by atoms with Crippen LogP contribution in [-0.2, 0) is 15.8 Å². The minimum Gasteiger partial charge on any atom is -0.258 e. The van der Waals surface area contributed by atoms with Crippen LogP contribution in [0, 0.1) is 10.1 Å². The number of non-ortho nitro benzene ring substituents is 1. The lowest BCUT2D eigenvalue weighted by Crippen LogP contribution is -2.27. The van der Waals surface area contributed by atoms with Gasteiger partial charge in [0.2, 0.25) is 10.0 Å². The van der Waals surface area contributed by atoms with Gasteiger partial charge in [-0.05, 0) is 31.2 Å². The van der Waals surface area contributed by atoms with E-state index in [9.17, 15) is 18.5 Å². The molecule has 114 valence electrons. The zero-order chi connectivity index (χ0) is 15.3. The average molecular weight is 310 g/mol. The van der Waals surface area contributed by atoms with Gasteiger partial charge in [0.25, 0.3) is 5.69 Å². The number of hydrogen-bond donors (Lipinski definition) is 1. The molecular formula is C14H18N2O4S. The van der Waals surface area contributed by atoms with Crippen LogP contribution in [0.5, 0.6) is 0 Å². The highest BCUT2D eigenvalue weighted by Gasteiger charge is 2.15. The molecule has 0 bridgehead atoms. The summed E-state index contributed by atoms with van der Waals surface area (Å²) in [5, 5.41) is 10.7. The highest BCUT2D eigenvalue weighted by molar-refractivity contribution is 7.88. The molecule has 1 aliphatic carbocycles. The van der Waals surface area contributed by atoms with Crippen molar-refractivity contribution in [2.24, 2.45) is 0 Å². The van der Waals surface area contributed by atoms with Crippen LogP contribution < -0.4 is 4.72 Å². The second kappa shape index (κ2) is 6.82. The summed E-state index contributed by atoms with van der Waals surface area (Å²) in [5.41, 5.74) is 1.43. The Morgan fingerprint density at radius 3 is 2.76 bits per heavy atom. The van der Waals surface area contributed by atoms with E-state index in [0.717, 1.165) is 31.3 Å². The van der Waals surface area contributed by atoms with E-state index in [-0.39, 0.29) is 11.4 Å². The molecule has 21 heavy (non-hydrogen) atoms. The zero-order valence-electron chi connectivity index (χ0n) is 11.6. The molecule has 0 amide bonds. The van der Waals surface area contributed by atoms with Crippen LogP contribution in [0.4, 0.5) is 5.69 Å². The minimum absolute atomic E-state index is 0.0994. The van der Waals surface area contributed by atoms with Crippen LogP contribution in [0.3, 0.4) is 0 Å². The lowest BCUT2D eigenvalue weighted by atomic mass is 10.0. The Morgan fingerprint density at radius 1 is 1.29 bits per heavy atom. The first-order valence-corrected chi connectivity index (χ1v) is 8.50. The third-order valence-corrected chi connectivity index (χ3v) is 4.68. The molecule has 0 aromatic heterocycles. The summed E-state index contributed by atoms with van der Waals surface area (Å²) in [6, 6.07) is 5.70. The molecule has 0 heterocycles. The molecule has 1 aromatic carbocycles. The molecule has 2 rings (SSSR count). The van der Waals surface area contributed by atoms with Gasteiger partial charge in [-0.3, -0.25) is 10.1 Å². The second-order valence-corrected chi connectivity index (χ2v) is 6.92. The van der Waals surface area contributed by atoms with Gasteiger partial charge in [0.15, 0.2) is 0 Å². The fourth-order valence-corrected chi connectivity index (χ4v) is 3.42. The van der Waals surface area contributed by atoms with E-state index in [2.05, 4.69) is 10.8 Å². The predicted molar refractivity (Wildman–Crippen MR) is 80.3 cm³/mol. The van der Waals surface area contributed by atoms with Crippen molar-refractivity contribution < 1.29 is 13.3 Å². The van der Waals surface area contributed by atoms with E-state index in [1.54, 1.807) is 6.07 Å². The van der Waals surface area contributed by atoms with Gasteiger partial charge >= 0.3 is 0 Å². The summed E-state index contributed by atoms with van der Waals surface area (Å²) < 4.78 is 26.6. The number of sulfonamides is 1. The monoisotopic (exact) mass is 310 g/mol. The van der Waals surface area contributed by atoms with Gasteiger partial charge in [0.1, 0.15) is 0 Å². The normalized spacial score (nSPS) is 15.5. The molecule has 1 aliphatic rings. The first kappa shape index (κ1) is 15.7. The van der Waals surface area contributed by atoms with Crippen molar-refractivity contribution in [1.82, 2.24) is 4.72 Å². The summed E-state index contributed by atoms with van der Waals surface area (Å²) in [4.78, 5) is 10.2. The molecule has 0 atom stereocenters. The van der Waals surface area contributed by atoms with Crippen molar-refractivity contribution >= 4 is 15.7 Å². The third kappa shape index (κ3) is 4.95. The molecule has 0 aliphatic heterocycles. The molecule has 0 fully saturated rings. The van der Waals surface area contributed by atoms with Crippen molar-refractivity contribution in [2.45, 2.75) is 31.4 Å². The van der Waals surface area contributed by atoms with Crippen molar-refractivity contribution in [3.63, 3.8) is 0 Å². The summed E-state index contributed by atoms with van der Waals surface area (Å²) in [6.07, 6.45) is 6.27. The van der Waals surface area contributed by atoms with Crippen molar-refractivity contribution in [3.8, 4) is 0 Å². The summed E-state index contributed by atoms with van der Waals surface area (Å²) in [6.45, 7) is 0.331. The number of rotatable bonds is 6. The number of allylic oxidation sites excluding steroid dienone is 1. The standard InChI is InChI=1S/C14H18N2O4S/c17-16(18)14-8-4-7-13(9-14)11-21(19,20)15-10-12-5-2-1-3-6-12/h4-5,7-9,15H,1-3,6,10-11H2. The zero-order valence-corrected chi connectivity index (χ0v) is 12.4. The predicted octanol–water partition coefficient (Wildman–Crippen LogP) is 2.51. The Morgan fingerprint density at radius 2 is 2.10 bits per heavy atom. The largest absolute Gasteiger partial charge is 0.269 e. The smallest absolute Gasteiger partial charge is 0.258 e. The molecule has 0 unspecified atom stereocenters. The first-order valence-electron chi connectivity index (χ1n) is 6.85. The highest BCUT2D eigenvalue weighted by atomic mass is 32.2. The van der Waals surface area contributed by atoms with Gasteiger partial charge in [-0.25, -0.2) is 13.1 Å². The second-order valence-electron chi connectivity index (χ2n) is 5.12. The Hall–Kier alpha value is -1.73. The van der Waals surface area contributed by atoms with Crippen LogP contribution in [0.2, 0.25) is 0 Å². The number of nitro benzene ring substituents is 1. The SMILES string of the molecule is O=[N+]([O-])c1cccc(CS(=O)(=O)NCC2=CCCCC2)c1. The van der Waals surface area contributed by atoms with Crippen molar-refractivity contribution in [2.75, 3.05) is 6.54 Å². The molecule has 0 spiro atoms. The molecule has 1 aromatic rings. The van der Waals surface area contributed by atoms with Gasteiger partial charge in [0, 0.05) is 18.7 Å². The van der Waals surface area contributed by atoms with Crippen LogP contribution >= 0.6 is 0 Å². The lowest BCUT2D eigenvalue weighted by Gasteiger charge is -2.13. The number of benzene rings is 1. The Kier molecular flexibility index (Phi) is 5.08. The van der Waals surface area contributed by atoms with Crippen LogP contribution in [0.25, 0.3) is 0 Å².